The van der Waals surface area contributed by atoms with Gasteiger partial charge in [0.25, 0.3) is 0 Å². The van der Waals surface area contributed by atoms with Crippen LogP contribution in [-0.4, -0.2) is 55.8 Å². The maximum absolute atomic E-state index is 12.8. The van der Waals surface area contributed by atoms with Gasteiger partial charge in [0, 0.05) is 26.2 Å². The molecule has 25 heavy (non-hydrogen) atoms. The summed E-state index contributed by atoms with van der Waals surface area (Å²) in [5.74, 6) is -0.135. The summed E-state index contributed by atoms with van der Waals surface area (Å²) in [7, 11) is -3.80. The van der Waals surface area contributed by atoms with E-state index in [0.717, 1.165) is 6.42 Å². The molecule has 1 amide bonds. The van der Waals surface area contributed by atoms with Gasteiger partial charge in [-0.25, -0.2) is 8.42 Å². The Morgan fingerprint density at radius 1 is 1.20 bits per heavy atom. The molecule has 10 heteroatoms. The van der Waals surface area contributed by atoms with E-state index in [1.165, 1.54) is 16.4 Å². The molecule has 1 fully saturated rings. The highest BCUT2D eigenvalue weighted by molar-refractivity contribution is 7.89. The highest BCUT2D eigenvalue weighted by Crippen LogP contribution is 2.31. The van der Waals surface area contributed by atoms with Gasteiger partial charge in [0.05, 0.1) is 16.1 Å². The molecule has 0 bridgehead atoms. The predicted octanol–water partition coefficient (Wildman–Crippen LogP) is 2.38. The Kier molecular flexibility index (Phi) is 8.44. The number of piperazine rings is 1. The highest BCUT2D eigenvalue weighted by Gasteiger charge is 2.33. The molecule has 0 radical (unpaired) electrons. The first-order valence-electron chi connectivity index (χ1n) is 7.77. The lowest BCUT2D eigenvalue weighted by Crippen LogP contribution is -2.54. The Balaban J connectivity index is 0.00000312. The molecule has 1 aliphatic rings. The zero-order chi connectivity index (χ0) is 17.9. The molecule has 142 valence electrons. The second kappa shape index (κ2) is 9.39. The van der Waals surface area contributed by atoms with Gasteiger partial charge >= 0.3 is 0 Å². The number of hydrogen-bond donors (Lipinski definition) is 1. The Labute approximate surface area is 164 Å². The molecular weight excluding hydrogens is 409 g/mol. The van der Waals surface area contributed by atoms with Crippen molar-refractivity contribution in [2.24, 2.45) is 5.73 Å². The van der Waals surface area contributed by atoms with E-state index in [2.05, 4.69) is 0 Å². The summed E-state index contributed by atoms with van der Waals surface area (Å²) >= 11 is 12.0. The molecule has 1 heterocycles. The molecule has 1 aromatic carbocycles. The minimum atomic E-state index is -3.80. The average molecular weight is 431 g/mol. The fourth-order valence-electron chi connectivity index (χ4n) is 2.68. The van der Waals surface area contributed by atoms with Crippen LogP contribution >= 0.6 is 35.6 Å². The van der Waals surface area contributed by atoms with Gasteiger partial charge in [0.1, 0.15) is 4.90 Å². The largest absolute Gasteiger partial charge is 0.339 e. The summed E-state index contributed by atoms with van der Waals surface area (Å²) in [5, 5.41) is 0.178. The molecule has 2 rings (SSSR count). The van der Waals surface area contributed by atoms with Gasteiger partial charge in [-0.15, -0.1) is 12.4 Å². The summed E-state index contributed by atoms with van der Waals surface area (Å²) in [4.78, 5) is 13.7. The van der Waals surface area contributed by atoms with Gasteiger partial charge in [-0.1, -0.05) is 42.6 Å². The third-order valence-corrected chi connectivity index (χ3v) is 6.84. The second-order valence-corrected chi connectivity index (χ2v) is 8.36. The van der Waals surface area contributed by atoms with Gasteiger partial charge in [0.2, 0.25) is 15.9 Å². The predicted molar refractivity (Wildman–Crippen MR) is 102 cm³/mol. The van der Waals surface area contributed by atoms with Gasteiger partial charge in [0.15, 0.2) is 0 Å². The van der Waals surface area contributed by atoms with E-state index in [1.54, 1.807) is 11.0 Å². The van der Waals surface area contributed by atoms with E-state index in [9.17, 15) is 13.2 Å². The van der Waals surface area contributed by atoms with Gasteiger partial charge in [-0.2, -0.15) is 4.31 Å². The van der Waals surface area contributed by atoms with Crippen molar-refractivity contribution in [2.75, 3.05) is 26.2 Å². The summed E-state index contributed by atoms with van der Waals surface area (Å²) in [6.45, 7) is 2.95. The molecule has 1 saturated heterocycles. The summed E-state index contributed by atoms with van der Waals surface area (Å²) in [5.41, 5.74) is 5.85. The topological polar surface area (TPSA) is 83.7 Å². The summed E-state index contributed by atoms with van der Waals surface area (Å²) in [6.07, 6.45) is 1.44. The number of carbonyl (C=O) groups excluding carboxylic acids is 1. The molecule has 1 unspecified atom stereocenters. The van der Waals surface area contributed by atoms with Crippen LogP contribution in [-0.2, 0) is 14.8 Å². The molecule has 1 atom stereocenters. The molecule has 1 aromatic rings. The van der Waals surface area contributed by atoms with Gasteiger partial charge in [-0.3, -0.25) is 4.79 Å². The molecule has 0 spiro atoms. The monoisotopic (exact) mass is 429 g/mol. The third-order valence-electron chi connectivity index (χ3n) is 3.98. The molecule has 1 aliphatic heterocycles. The van der Waals surface area contributed by atoms with Crippen LogP contribution in [0.4, 0.5) is 0 Å². The van der Waals surface area contributed by atoms with Crippen LogP contribution in [0, 0.1) is 0 Å². The molecule has 2 N–H and O–H groups in total. The lowest BCUT2D eigenvalue weighted by molar-refractivity contribution is -0.133. The van der Waals surface area contributed by atoms with Crippen LogP contribution in [0.1, 0.15) is 19.8 Å². The maximum Gasteiger partial charge on any atom is 0.246 e. The Morgan fingerprint density at radius 3 is 2.20 bits per heavy atom. The van der Waals surface area contributed by atoms with Crippen molar-refractivity contribution >= 4 is 51.5 Å². The fourth-order valence-corrected chi connectivity index (χ4v) is 5.19. The van der Waals surface area contributed by atoms with Crippen molar-refractivity contribution in [3.8, 4) is 0 Å². The number of benzene rings is 1. The van der Waals surface area contributed by atoms with Gasteiger partial charge < -0.3 is 10.6 Å². The van der Waals surface area contributed by atoms with Gasteiger partial charge in [-0.05, 0) is 18.6 Å². The standard InChI is InChI=1S/C15H21Cl2N3O3S.ClH/c1-2-4-13(18)15(21)19-7-9-20(10-8-19)24(22,23)14-11(16)5-3-6-12(14)17;/h3,5-6,13H,2,4,7-10,18H2,1H3;1H. The van der Waals surface area contributed by atoms with Crippen molar-refractivity contribution in [3.63, 3.8) is 0 Å². The molecule has 0 aliphatic carbocycles. The molecule has 0 saturated carbocycles. The number of halogens is 3. The lowest BCUT2D eigenvalue weighted by atomic mass is 10.1. The second-order valence-electron chi connectivity index (χ2n) is 5.68. The van der Waals surface area contributed by atoms with Crippen LogP contribution in [0.2, 0.25) is 10.0 Å². The maximum atomic E-state index is 12.8. The van der Waals surface area contributed by atoms with Crippen LogP contribution in [0.5, 0.6) is 0 Å². The van der Waals surface area contributed by atoms with Crippen LogP contribution < -0.4 is 5.73 Å². The van der Waals surface area contributed by atoms with Crippen molar-refractivity contribution in [1.82, 2.24) is 9.21 Å². The van der Waals surface area contributed by atoms with Crippen LogP contribution in [0.15, 0.2) is 23.1 Å². The zero-order valence-electron chi connectivity index (χ0n) is 13.8. The minimum Gasteiger partial charge on any atom is -0.339 e. The van der Waals surface area contributed by atoms with E-state index in [1.807, 2.05) is 6.92 Å². The first-order valence-corrected chi connectivity index (χ1v) is 9.97. The zero-order valence-corrected chi connectivity index (χ0v) is 17.0. The number of amides is 1. The number of hydrogen-bond acceptors (Lipinski definition) is 4. The van der Waals surface area contributed by atoms with Crippen LogP contribution in [0.3, 0.4) is 0 Å². The number of rotatable bonds is 5. The van der Waals surface area contributed by atoms with Crippen molar-refractivity contribution in [2.45, 2.75) is 30.7 Å². The smallest absolute Gasteiger partial charge is 0.246 e. The first kappa shape index (κ1) is 22.5. The van der Waals surface area contributed by atoms with Crippen molar-refractivity contribution in [3.05, 3.63) is 28.2 Å². The van der Waals surface area contributed by atoms with Crippen LogP contribution in [0.25, 0.3) is 0 Å². The van der Waals surface area contributed by atoms with E-state index >= 15 is 0 Å². The Morgan fingerprint density at radius 2 is 1.72 bits per heavy atom. The highest BCUT2D eigenvalue weighted by atomic mass is 35.5. The van der Waals surface area contributed by atoms with Crippen molar-refractivity contribution < 1.29 is 13.2 Å². The van der Waals surface area contributed by atoms with E-state index in [-0.39, 0.29) is 46.3 Å². The molecule has 0 aromatic heterocycles. The fraction of sp³-hybridized carbons (Fsp3) is 0.533. The number of carbonyl (C=O) groups is 1. The summed E-state index contributed by atoms with van der Waals surface area (Å²) in [6, 6.07) is 4.04. The third kappa shape index (κ3) is 4.99. The molecule has 6 nitrogen and oxygen atoms in total. The normalized spacial score (nSPS) is 17.0. The SMILES string of the molecule is CCCC(N)C(=O)N1CCN(S(=O)(=O)c2c(Cl)cccc2Cl)CC1.Cl. The van der Waals surface area contributed by atoms with E-state index in [0.29, 0.717) is 19.5 Å². The average Bonchev–Trinajstić information content (AvgIpc) is 2.54. The minimum absolute atomic E-state index is 0. The first-order chi connectivity index (χ1) is 11.3. The van der Waals surface area contributed by atoms with E-state index < -0.39 is 16.1 Å². The van der Waals surface area contributed by atoms with E-state index in [4.69, 9.17) is 28.9 Å². The number of nitrogens with zero attached hydrogens (tertiary/aromatic N) is 2. The molecular formula is C15H22Cl3N3O3S. The Hall–Kier alpha value is -0.570. The summed E-state index contributed by atoms with van der Waals surface area (Å²) < 4.78 is 26.8. The quantitative estimate of drug-likeness (QED) is 0.777. The number of nitrogens with two attached hydrogens (primary N) is 1. The lowest BCUT2D eigenvalue weighted by Gasteiger charge is -2.35. The Bertz CT molecular complexity index is 687. The number of sulfonamides is 1. The van der Waals surface area contributed by atoms with Crippen molar-refractivity contribution in [1.29, 1.82) is 0 Å².